The normalized spacial score (nSPS) is 20.8. The zero-order valence-electron chi connectivity index (χ0n) is 14.6. The molecule has 1 fully saturated rings. The average molecular weight is 334 g/mol. The highest BCUT2D eigenvalue weighted by Gasteiger charge is 2.26. The van der Waals surface area contributed by atoms with E-state index in [-0.39, 0.29) is 5.91 Å². The maximum absolute atomic E-state index is 13.0. The molecule has 0 spiro atoms. The highest BCUT2D eigenvalue weighted by Crippen LogP contribution is 2.30. The largest absolute Gasteiger partial charge is 0.355 e. The lowest BCUT2D eigenvalue weighted by Crippen LogP contribution is -2.42. The predicted molar refractivity (Wildman–Crippen MR) is 98.3 cm³/mol. The zero-order valence-corrected chi connectivity index (χ0v) is 14.6. The number of amides is 1. The Labute approximate surface area is 147 Å². The number of aromatic nitrogens is 1. The molecule has 2 heterocycles. The summed E-state index contributed by atoms with van der Waals surface area (Å²) in [5.41, 5.74) is 2.44. The van der Waals surface area contributed by atoms with E-state index in [0.29, 0.717) is 23.2 Å². The molecule has 0 bridgehead atoms. The second kappa shape index (κ2) is 6.36. The number of nitrogens with zero attached hydrogens (tertiary/aromatic N) is 2. The fourth-order valence-corrected chi connectivity index (χ4v) is 3.88. The summed E-state index contributed by atoms with van der Waals surface area (Å²) in [5.74, 6) is 1.91. The maximum Gasteiger partial charge on any atom is 0.253 e. The van der Waals surface area contributed by atoms with Crippen LogP contribution < -0.4 is 0 Å². The monoisotopic (exact) mass is 334 g/mol. The molecule has 4 heteroatoms. The van der Waals surface area contributed by atoms with Gasteiger partial charge in [0.15, 0.2) is 5.76 Å². The Morgan fingerprint density at radius 2 is 1.80 bits per heavy atom. The van der Waals surface area contributed by atoms with E-state index in [1.165, 1.54) is 6.42 Å². The van der Waals surface area contributed by atoms with E-state index in [1.54, 1.807) is 0 Å². The lowest BCUT2D eigenvalue weighted by Gasteiger charge is -2.35. The highest BCUT2D eigenvalue weighted by molar-refractivity contribution is 6.01. The molecule has 0 saturated carbocycles. The lowest BCUT2D eigenvalue weighted by atomic mass is 9.91. The molecule has 1 aromatic heterocycles. The second-order valence-corrected chi connectivity index (χ2v) is 7.27. The number of benzene rings is 2. The van der Waals surface area contributed by atoms with Gasteiger partial charge in [-0.15, -0.1) is 0 Å². The molecule has 0 aliphatic carbocycles. The fourth-order valence-electron chi connectivity index (χ4n) is 3.88. The van der Waals surface area contributed by atoms with E-state index < -0.39 is 0 Å². The van der Waals surface area contributed by atoms with Gasteiger partial charge in [0.05, 0.1) is 5.39 Å². The summed E-state index contributed by atoms with van der Waals surface area (Å²) in [6.07, 6.45) is 1.19. The number of carbonyl (C=O) groups excluding carboxylic acids is 1. The molecule has 1 saturated heterocycles. The highest BCUT2D eigenvalue weighted by atomic mass is 16.5. The number of hydrogen-bond acceptors (Lipinski definition) is 3. The molecule has 3 aromatic rings. The molecule has 4 rings (SSSR count). The van der Waals surface area contributed by atoms with Crippen molar-refractivity contribution in [3.8, 4) is 11.3 Å². The average Bonchev–Trinajstić information content (AvgIpc) is 3.04. The van der Waals surface area contributed by atoms with Crippen LogP contribution in [0.2, 0.25) is 0 Å². The third-order valence-electron chi connectivity index (χ3n) is 4.92. The summed E-state index contributed by atoms with van der Waals surface area (Å²) in [7, 11) is 0. The van der Waals surface area contributed by atoms with Crippen LogP contribution in [0.5, 0.6) is 0 Å². The first-order valence-electron chi connectivity index (χ1n) is 8.86. The van der Waals surface area contributed by atoms with Crippen LogP contribution in [-0.2, 0) is 0 Å². The fraction of sp³-hybridized carbons (Fsp3) is 0.333. The molecule has 2 aromatic carbocycles. The van der Waals surface area contributed by atoms with Gasteiger partial charge in [0.2, 0.25) is 0 Å². The van der Waals surface area contributed by atoms with Crippen LogP contribution in [0, 0.1) is 11.8 Å². The first kappa shape index (κ1) is 15.9. The van der Waals surface area contributed by atoms with E-state index in [4.69, 9.17) is 4.52 Å². The first-order chi connectivity index (χ1) is 12.1. The minimum absolute atomic E-state index is 0.0977. The van der Waals surface area contributed by atoms with Gasteiger partial charge in [-0.25, -0.2) is 0 Å². The second-order valence-electron chi connectivity index (χ2n) is 7.27. The van der Waals surface area contributed by atoms with Crippen LogP contribution in [-0.4, -0.2) is 29.1 Å². The van der Waals surface area contributed by atoms with Crippen LogP contribution in [0.1, 0.15) is 30.6 Å². The summed E-state index contributed by atoms with van der Waals surface area (Å²) >= 11 is 0. The quantitative estimate of drug-likeness (QED) is 0.687. The molecule has 2 atom stereocenters. The molecule has 4 nitrogen and oxygen atoms in total. The van der Waals surface area contributed by atoms with E-state index in [0.717, 1.165) is 29.6 Å². The van der Waals surface area contributed by atoms with Crippen molar-refractivity contribution in [3.63, 3.8) is 0 Å². The molecule has 0 unspecified atom stereocenters. The molecule has 1 amide bonds. The van der Waals surface area contributed by atoms with Gasteiger partial charge in [0.25, 0.3) is 5.91 Å². The first-order valence-corrected chi connectivity index (χ1v) is 8.86. The van der Waals surface area contributed by atoms with Crippen LogP contribution in [0.4, 0.5) is 0 Å². The van der Waals surface area contributed by atoms with Crippen molar-refractivity contribution in [3.05, 3.63) is 54.1 Å². The topological polar surface area (TPSA) is 46.3 Å². The van der Waals surface area contributed by atoms with Crippen LogP contribution in [0.3, 0.4) is 0 Å². The van der Waals surface area contributed by atoms with Crippen molar-refractivity contribution in [2.75, 3.05) is 13.1 Å². The Hall–Kier alpha value is -2.62. The Bertz CT molecular complexity index is 891. The van der Waals surface area contributed by atoms with Gasteiger partial charge < -0.3 is 9.42 Å². The Morgan fingerprint density at radius 3 is 2.52 bits per heavy atom. The summed E-state index contributed by atoms with van der Waals surface area (Å²) < 4.78 is 5.54. The van der Waals surface area contributed by atoms with Crippen molar-refractivity contribution >= 4 is 16.8 Å². The molecule has 0 radical (unpaired) electrons. The SMILES string of the molecule is C[C@@H]1C[C@@H](C)CN(C(=O)c2ccc3noc(-c4ccccc4)c3c2)C1. The molecule has 25 heavy (non-hydrogen) atoms. The summed E-state index contributed by atoms with van der Waals surface area (Å²) in [6, 6.07) is 15.5. The minimum atomic E-state index is 0.0977. The lowest BCUT2D eigenvalue weighted by molar-refractivity contribution is 0.0623. The molecule has 1 aliphatic rings. The third-order valence-corrected chi connectivity index (χ3v) is 4.92. The van der Waals surface area contributed by atoms with Crippen LogP contribution in [0.15, 0.2) is 53.1 Å². The van der Waals surface area contributed by atoms with Crippen molar-refractivity contribution < 1.29 is 9.32 Å². The van der Waals surface area contributed by atoms with Gasteiger partial charge >= 0.3 is 0 Å². The van der Waals surface area contributed by atoms with E-state index in [9.17, 15) is 4.79 Å². The van der Waals surface area contributed by atoms with Crippen molar-refractivity contribution in [1.29, 1.82) is 0 Å². The van der Waals surface area contributed by atoms with E-state index in [2.05, 4.69) is 19.0 Å². The minimum Gasteiger partial charge on any atom is -0.355 e. The molecule has 1 aliphatic heterocycles. The molecular formula is C21H22N2O2. The van der Waals surface area contributed by atoms with Crippen LogP contribution in [0.25, 0.3) is 22.2 Å². The number of carbonyl (C=O) groups is 1. The van der Waals surface area contributed by atoms with Gasteiger partial charge in [-0.05, 0) is 36.5 Å². The summed E-state index contributed by atoms with van der Waals surface area (Å²) in [5, 5.41) is 5.02. The van der Waals surface area contributed by atoms with Crippen molar-refractivity contribution in [2.45, 2.75) is 20.3 Å². The predicted octanol–water partition coefficient (Wildman–Crippen LogP) is 4.61. The number of likely N-dealkylation sites (tertiary alicyclic amines) is 1. The number of hydrogen-bond donors (Lipinski definition) is 0. The smallest absolute Gasteiger partial charge is 0.253 e. The summed E-state index contributed by atoms with van der Waals surface area (Å²) in [6.45, 7) is 6.09. The van der Waals surface area contributed by atoms with Gasteiger partial charge in [0.1, 0.15) is 5.52 Å². The number of rotatable bonds is 2. The van der Waals surface area contributed by atoms with E-state index in [1.807, 2.05) is 53.4 Å². The van der Waals surface area contributed by atoms with Crippen molar-refractivity contribution in [1.82, 2.24) is 10.1 Å². The van der Waals surface area contributed by atoms with Gasteiger partial charge in [-0.3, -0.25) is 4.79 Å². The van der Waals surface area contributed by atoms with Gasteiger partial charge in [-0.1, -0.05) is 49.3 Å². The molecule has 128 valence electrons. The Morgan fingerprint density at radius 1 is 1.08 bits per heavy atom. The number of fused-ring (bicyclic) bond motifs is 1. The zero-order chi connectivity index (χ0) is 17.4. The van der Waals surface area contributed by atoms with Crippen LogP contribution >= 0.6 is 0 Å². The standard InChI is InChI=1S/C21H22N2O2/c1-14-10-15(2)13-23(12-14)21(24)17-8-9-19-18(11-17)20(25-22-19)16-6-4-3-5-7-16/h3-9,11,14-15H,10,12-13H2,1-2H3/t14-,15-/m1/s1. The summed E-state index contributed by atoms with van der Waals surface area (Å²) in [4.78, 5) is 15.0. The van der Waals surface area contributed by atoms with E-state index >= 15 is 0 Å². The molecule has 0 N–H and O–H groups in total. The molecular weight excluding hydrogens is 312 g/mol. The van der Waals surface area contributed by atoms with Gasteiger partial charge in [0, 0.05) is 24.2 Å². The Kier molecular flexibility index (Phi) is 4.04. The maximum atomic E-state index is 13.0. The van der Waals surface area contributed by atoms with Crippen molar-refractivity contribution in [2.24, 2.45) is 11.8 Å². The Balaban J connectivity index is 1.70. The third kappa shape index (κ3) is 3.04. The van der Waals surface area contributed by atoms with Gasteiger partial charge in [-0.2, -0.15) is 0 Å². The number of piperidine rings is 1.